The molecule has 0 saturated carbocycles. The Morgan fingerprint density at radius 1 is 0.931 bits per heavy atom. The van der Waals surface area contributed by atoms with Crippen molar-refractivity contribution in [2.24, 2.45) is 0 Å². The molecule has 0 aliphatic heterocycles. The molecule has 0 atom stereocenters. The summed E-state index contributed by atoms with van der Waals surface area (Å²) in [6.45, 7) is 2.38. The average Bonchev–Trinajstić information content (AvgIpc) is 2.66. The predicted molar refractivity (Wildman–Crippen MR) is 102 cm³/mol. The Labute approximate surface area is 165 Å². The van der Waals surface area contributed by atoms with Crippen molar-refractivity contribution in [3.63, 3.8) is 0 Å². The number of benzene rings is 3. The first-order valence-corrected chi connectivity index (χ1v) is 8.99. The number of hydrogen-bond donors (Lipinski definition) is 0. The number of rotatable bonds is 5. The summed E-state index contributed by atoms with van der Waals surface area (Å²) in [4.78, 5) is 0. The Balaban J connectivity index is 1.82. The van der Waals surface area contributed by atoms with Gasteiger partial charge >= 0.3 is 6.18 Å². The first-order chi connectivity index (χ1) is 13.8. The fraction of sp³-hybridized carbons (Fsp3) is 0.217. The minimum absolute atomic E-state index is 0.0332. The largest absolute Gasteiger partial charge is 0.489 e. The highest BCUT2D eigenvalue weighted by molar-refractivity contribution is 5.86. The molecular formula is C23H17F5O. The van der Waals surface area contributed by atoms with Gasteiger partial charge < -0.3 is 4.74 Å². The summed E-state index contributed by atoms with van der Waals surface area (Å²) < 4.78 is 70.9. The van der Waals surface area contributed by atoms with Gasteiger partial charge in [-0.05, 0) is 47.2 Å². The third-order valence-electron chi connectivity index (χ3n) is 4.30. The van der Waals surface area contributed by atoms with Crippen molar-refractivity contribution in [1.29, 1.82) is 0 Å². The summed E-state index contributed by atoms with van der Waals surface area (Å²) in [5.41, 5.74) is 1.27. The lowest BCUT2D eigenvalue weighted by atomic mass is 10.0. The van der Waals surface area contributed by atoms with Crippen molar-refractivity contribution >= 4 is 10.8 Å². The van der Waals surface area contributed by atoms with Crippen molar-refractivity contribution in [2.45, 2.75) is 32.5 Å². The van der Waals surface area contributed by atoms with E-state index < -0.39 is 23.4 Å². The fourth-order valence-corrected chi connectivity index (χ4v) is 2.90. The fourth-order valence-electron chi connectivity index (χ4n) is 2.90. The highest BCUT2D eigenvalue weighted by atomic mass is 19.4. The average molecular weight is 404 g/mol. The van der Waals surface area contributed by atoms with Gasteiger partial charge in [-0.2, -0.15) is 13.2 Å². The van der Waals surface area contributed by atoms with E-state index in [1.54, 1.807) is 0 Å². The maximum absolute atomic E-state index is 14.4. The Hall–Kier alpha value is -3.07. The molecule has 3 aromatic carbocycles. The summed E-state index contributed by atoms with van der Waals surface area (Å²) in [5.74, 6) is 0.528. The molecule has 150 valence electrons. The van der Waals surface area contributed by atoms with Crippen LogP contribution in [0.4, 0.5) is 22.0 Å². The molecule has 0 fully saturated rings. The van der Waals surface area contributed by atoms with Gasteiger partial charge in [0.2, 0.25) is 0 Å². The molecular weight excluding hydrogens is 387 g/mol. The maximum Gasteiger partial charge on any atom is 0.458 e. The molecule has 0 aliphatic rings. The van der Waals surface area contributed by atoms with Crippen LogP contribution in [0.1, 0.15) is 30.0 Å². The van der Waals surface area contributed by atoms with Gasteiger partial charge in [0.1, 0.15) is 24.0 Å². The van der Waals surface area contributed by atoms with E-state index in [4.69, 9.17) is 4.74 Å². The van der Waals surface area contributed by atoms with Crippen molar-refractivity contribution in [3.05, 3.63) is 76.9 Å². The molecule has 29 heavy (non-hydrogen) atoms. The van der Waals surface area contributed by atoms with E-state index in [2.05, 4.69) is 6.92 Å². The van der Waals surface area contributed by atoms with E-state index in [1.165, 1.54) is 29.7 Å². The monoisotopic (exact) mass is 404 g/mol. The van der Waals surface area contributed by atoms with Crippen LogP contribution in [0, 0.1) is 23.5 Å². The van der Waals surface area contributed by atoms with E-state index in [1.807, 2.05) is 24.3 Å². The summed E-state index contributed by atoms with van der Waals surface area (Å²) in [7, 11) is 0. The topological polar surface area (TPSA) is 9.23 Å². The number of aryl methyl sites for hydroxylation is 1. The van der Waals surface area contributed by atoms with Crippen LogP contribution in [0.5, 0.6) is 5.75 Å². The van der Waals surface area contributed by atoms with Crippen LogP contribution in [0.15, 0.2) is 48.5 Å². The Kier molecular flexibility index (Phi) is 6.07. The molecule has 6 heteroatoms. The second-order valence-corrected chi connectivity index (χ2v) is 6.53. The maximum atomic E-state index is 14.4. The van der Waals surface area contributed by atoms with Crippen molar-refractivity contribution in [3.8, 4) is 17.6 Å². The van der Waals surface area contributed by atoms with Crippen LogP contribution in [0.25, 0.3) is 10.8 Å². The second-order valence-electron chi connectivity index (χ2n) is 6.53. The summed E-state index contributed by atoms with van der Waals surface area (Å²) in [6.07, 6.45) is -2.78. The Morgan fingerprint density at radius 2 is 1.62 bits per heavy atom. The van der Waals surface area contributed by atoms with Gasteiger partial charge in [0.25, 0.3) is 0 Å². The number of halogens is 5. The van der Waals surface area contributed by atoms with E-state index in [0.29, 0.717) is 5.75 Å². The second kappa shape index (κ2) is 8.52. The van der Waals surface area contributed by atoms with Gasteiger partial charge in [0, 0.05) is 11.3 Å². The Bertz CT molecular complexity index is 1070. The van der Waals surface area contributed by atoms with E-state index in [-0.39, 0.29) is 17.4 Å². The van der Waals surface area contributed by atoms with Crippen LogP contribution < -0.4 is 4.74 Å². The molecule has 0 aromatic heterocycles. The van der Waals surface area contributed by atoms with Crippen LogP contribution in [0.3, 0.4) is 0 Å². The minimum Gasteiger partial charge on any atom is -0.489 e. The first kappa shape index (κ1) is 20.7. The lowest BCUT2D eigenvalue weighted by molar-refractivity contribution is -0.0696. The number of hydrogen-bond acceptors (Lipinski definition) is 1. The van der Waals surface area contributed by atoms with E-state index in [9.17, 15) is 22.0 Å². The molecule has 0 aliphatic carbocycles. The lowest BCUT2D eigenvalue weighted by Crippen LogP contribution is -2.02. The van der Waals surface area contributed by atoms with Gasteiger partial charge in [-0.1, -0.05) is 43.5 Å². The highest BCUT2D eigenvalue weighted by Crippen LogP contribution is 2.28. The standard InChI is InChI=1S/C23H17F5O/c1-2-3-15-4-6-16(7-5-15)14-29-18-8-9-19-17(12-18)13-21(24)20(22(19)25)10-11-23(26,27)28/h4-9,12-13H,2-3,14H2,1H3. The quantitative estimate of drug-likeness (QED) is 0.346. The van der Waals surface area contributed by atoms with Gasteiger partial charge in [0.05, 0.1) is 5.56 Å². The molecule has 1 nitrogen and oxygen atoms in total. The molecule has 0 radical (unpaired) electrons. The zero-order valence-electron chi connectivity index (χ0n) is 15.5. The molecule has 3 aromatic rings. The molecule has 3 rings (SSSR count). The summed E-state index contributed by atoms with van der Waals surface area (Å²) in [5, 5.41) is 0.141. The van der Waals surface area contributed by atoms with E-state index >= 15 is 0 Å². The lowest BCUT2D eigenvalue weighted by Gasteiger charge is -2.10. The zero-order chi connectivity index (χ0) is 21.0. The van der Waals surface area contributed by atoms with Crippen molar-refractivity contribution in [2.75, 3.05) is 0 Å². The normalized spacial score (nSPS) is 11.2. The third kappa shape index (κ3) is 5.26. The first-order valence-electron chi connectivity index (χ1n) is 8.99. The minimum atomic E-state index is -4.83. The van der Waals surface area contributed by atoms with Crippen LogP contribution in [-0.2, 0) is 13.0 Å². The molecule has 0 heterocycles. The molecule has 0 saturated heterocycles. The Morgan fingerprint density at radius 3 is 2.28 bits per heavy atom. The van der Waals surface area contributed by atoms with Gasteiger partial charge in [-0.3, -0.25) is 0 Å². The zero-order valence-corrected chi connectivity index (χ0v) is 15.5. The molecule has 0 N–H and O–H groups in total. The highest BCUT2D eigenvalue weighted by Gasteiger charge is 2.24. The summed E-state index contributed by atoms with van der Waals surface area (Å²) >= 11 is 0. The summed E-state index contributed by atoms with van der Waals surface area (Å²) in [6, 6.07) is 13.2. The van der Waals surface area contributed by atoms with Gasteiger partial charge in [-0.25, -0.2) is 8.78 Å². The number of alkyl halides is 3. The number of fused-ring (bicyclic) bond motifs is 1. The van der Waals surface area contributed by atoms with Crippen LogP contribution >= 0.6 is 0 Å². The third-order valence-corrected chi connectivity index (χ3v) is 4.30. The van der Waals surface area contributed by atoms with Crippen molar-refractivity contribution < 1.29 is 26.7 Å². The predicted octanol–water partition coefficient (Wildman–Crippen LogP) is 6.56. The smallest absolute Gasteiger partial charge is 0.458 e. The van der Waals surface area contributed by atoms with Crippen LogP contribution in [0.2, 0.25) is 0 Å². The van der Waals surface area contributed by atoms with Crippen molar-refractivity contribution in [1.82, 2.24) is 0 Å². The van der Waals surface area contributed by atoms with Gasteiger partial charge in [-0.15, -0.1) is 0 Å². The molecule has 0 amide bonds. The molecule has 0 unspecified atom stereocenters. The van der Waals surface area contributed by atoms with Crippen LogP contribution in [-0.4, -0.2) is 6.18 Å². The van der Waals surface area contributed by atoms with E-state index in [0.717, 1.165) is 30.4 Å². The number of ether oxygens (including phenoxy) is 1. The molecule has 0 spiro atoms. The molecule has 0 bridgehead atoms. The van der Waals surface area contributed by atoms with Gasteiger partial charge in [0.15, 0.2) is 0 Å². The SMILES string of the molecule is CCCc1ccc(COc2ccc3c(F)c(C#CC(F)(F)F)c(F)cc3c2)cc1.